The second-order valence-electron chi connectivity index (χ2n) is 5.81. The number of benzene rings is 3. The normalized spacial score (nSPS) is 11.1. The monoisotopic (exact) mass is 400 g/mol. The van der Waals surface area contributed by atoms with Gasteiger partial charge in [-0.1, -0.05) is 30.3 Å². The Labute approximate surface area is 158 Å². The number of nitrogens with zero attached hydrogens (tertiary/aromatic N) is 2. The molecule has 142 valence electrons. The number of hydrogen-bond donors (Lipinski definition) is 2. The zero-order valence-electron chi connectivity index (χ0n) is 14.1. The maximum atomic E-state index is 14.2. The largest absolute Gasteiger partial charge is 0.502 e. The van der Waals surface area contributed by atoms with Crippen molar-refractivity contribution in [3.63, 3.8) is 0 Å². The molecule has 0 unspecified atom stereocenters. The third kappa shape index (κ3) is 3.19. The van der Waals surface area contributed by atoms with Gasteiger partial charge in [0.05, 0.1) is 9.85 Å². The van der Waals surface area contributed by atoms with Gasteiger partial charge in [0.15, 0.2) is 18.6 Å². The van der Waals surface area contributed by atoms with Gasteiger partial charge in [-0.05, 0) is 24.3 Å². The fraction of sp³-hybridized carbons (Fsp3) is 0. The number of aromatic hydroxyl groups is 2. The second-order valence-corrected chi connectivity index (χ2v) is 8.57. The van der Waals surface area contributed by atoms with Gasteiger partial charge >= 0.3 is 11.4 Å². The predicted octanol–water partition coefficient (Wildman–Crippen LogP) is 2.55. The molecule has 0 bridgehead atoms. The molecule has 3 rings (SSSR count). The van der Waals surface area contributed by atoms with Crippen LogP contribution >= 0.6 is 7.14 Å². The Hall–Kier alpha value is -3.71. The lowest BCUT2D eigenvalue weighted by molar-refractivity contribution is -0.385. The molecule has 0 amide bonds. The Morgan fingerprint density at radius 2 is 1.11 bits per heavy atom. The molecule has 0 aliphatic heterocycles. The summed E-state index contributed by atoms with van der Waals surface area (Å²) >= 11 is 0. The summed E-state index contributed by atoms with van der Waals surface area (Å²) in [5.41, 5.74) is -1.27. The van der Waals surface area contributed by atoms with Crippen molar-refractivity contribution >= 4 is 34.4 Å². The van der Waals surface area contributed by atoms with Crippen LogP contribution < -0.4 is 15.9 Å². The van der Waals surface area contributed by atoms with Crippen LogP contribution in [0.1, 0.15) is 0 Å². The lowest BCUT2D eigenvalue weighted by Crippen LogP contribution is -2.25. The zero-order valence-corrected chi connectivity index (χ0v) is 15.0. The third-order valence-corrected chi connectivity index (χ3v) is 7.19. The van der Waals surface area contributed by atoms with Gasteiger partial charge in [0, 0.05) is 28.0 Å². The molecule has 2 N–H and O–H groups in total. The molecule has 0 saturated heterocycles. The molecule has 0 radical (unpaired) electrons. The SMILES string of the molecule is O=[N+]([O-])c1cc(P(=O)(c2ccccc2)c2ccc(O)c([N+](=O)[O-])c2)ccc1O. The van der Waals surface area contributed by atoms with Crippen molar-refractivity contribution in [1.29, 1.82) is 0 Å². The van der Waals surface area contributed by atoms with Crippen LogP contribution in [0.2, 0.25) is 0 Å². The van der Waals surface area contributed by atoms with Crippen LogP contribution in [0.25, 0.3) is 0 Å². The van der Waals surface area contributed by atoms with Crippen LogP contribution in [0.5, 0.6) is 11.5 Å². The first-order chi connectivity index (χ1) is 13.2. The van der Waals surface area contributed by atoms with E-state index in [0.29, 0.717) is 0 Å². The first-order valence-corrected chi connectivity index (χ1v) is 9.57. The summed E-state index contributed by atoms with van der Waals surface area (Å²) in [5, 5.41) is 42.1. The average molecular weight is 400 g/mol. The highest BCUT2D eigenvalue weighted by Crippen LogP contribution is 2.45. The van der Waals surface area contributed by atoms with E-state index in [4.69, 9.17) is 0 Å². The van der Waals surface area contributed by atoms with Gasteiger partial charge in [0.1, 0.15) is 0 Å². The fourth-order valence-electron chi connectivity index (χ4n) is 2.79. The van der Waals surface area contributed by atoms with E-state index in [-0.39, 0.29) is 15.9 Å². The molecule has 28 heavy (non-hydrogen) atoms. The summed E-state index contributed by atoms with van der Waals surface area (Å²) in [6.45, 7) is 0. The number of phenolic OH excluding ortho intramolecular Hbond substituents is 2. The van der Waals surface area contributed by atoms with Crippen molar-refractivity contribution in [1.82, 2.24) is 0 Å². The van der Waals surface area contributed by atoms with Gasteiger partial charge in [0.25, 0.3) is 0 Å². The first-order valence-electron chi connectivity index (χ1n) is 7.86. The van der Waals surface area contributed by atoms with E-state index in [1.54, 1.807) is 18.2 Å². The van der Waals surface area contributed by atoms with Crippen molar-refractivity contribution in [2.45, 2.75) is 0 Å². The molecule has 0 fully saturated rings. The number of nitro benzene ring substituents is 2. The average Bonchev–Trinajstić information content (AvgIpc) is 2.68. The molecule has 9 nitrogen and oxygen atoms in total. The van der Waals surface area contributed by atoms with E-state index in [1.165, 1.54) is 24.3 Å². The molecule has 0 heterocycles. The van der Waals surface area contributed by atoms with Gasteiger partial charge in [-0.25, -0.2) is 0 Å². The third-order valence-electron chi connectivity index (χ3n) is 4.16. The summed E-state index contributed by atoms with van der Waals surface area (Å²) in [5.74, 6) is -1.19. The summed E-state index contributed by atoms with van der Waals surface area (Å²) in [4.78, 5) is 20.8. The molecule has 0 aromatic heterocycles. The van der Waals surface area contributed by atoms with Crippen molar-refractivity contribution in [2.24, 2.45) is 0 Å². The van der Waals surface area contributed by atoms with Crippen LogP contribution in [0.15, 0.2) is 66.7 Å². The molecular weight excluding hydrogens is 387 g/mol. The lowest BCUT2D eigenvalue weighted by Gasteiger charge is -2.20. The quantitative estimate of drug-likeness (QED) is 0.380. The number of rotatable bonds is 5. The van der Waals surface area contributed by atoms with Crippen LogP contribution in [-0.4, -0.2) is 20.1 Å². The van der Waals surface area contributed by atoms with Crippen LogP contribution in [0, 0.1) is 20.2 Å². The Bertz CT molecular complexity index is 1060. The van der Waals surface area contributed by atoms with E-state index in [1.807, 2.05) is 0 Å². The number of phenols is 2. The Morgan fingerprint density at radius 1 is 0.679 bits per heavy atom. The highest BCUT2D eigenvalue weighted by atomic mass is 31.2. The lowest BCUT2D eigenvalue weighted by atomic mass is 10.3. The van der Waals surface area contributed by atoms with E-state index < -0.39 is 39.9 Å². The Kier molecular flexibility index (Phi) is 4.85. The van der Waals surface area contributed by atoms with E-state index >= 15 is 0 Å². The minimum Gasteiger partial charge on any atom is -0.502 e. The molecule has 0 atom stereocenters. The van der Waals surface area contributed by atoms with Crippen molar-refractivity contribution in [3.05, 3.63) is 87.0 Å². The van der Waals surface area contributed by atoms with Crippen LogP contribution in [0.4, 0.5) is 11.4 Å². The molecule has 0 spiro atoms. The first kappa shape index (κ1) is 19.1. The summed E-state index contributed by atoms with van der Waals surface area (Å²) in [6, 6.07) is 14.6. The second kappa shape index (κ2) is 7.13. The van der Waals surface area contributed by atoms with E-state index in [0.717, 1.165) is 24.3 Å². The minimum atomic E-state index is -3.78. The highest BCUT2D eigenvalue weighted by Gasteiger charge is 2.33. The van der Waals surface area contributed by atoms with Crippen molar-refractivity contribution < 1.29 is 24.6 Å². The number of hydrogen-bond acceptors (Lipinski definition) is 7. The zero-order chi connectivity index (χ0) is 20.5. The Balaban J connectivity index is 2.35. The maximum Gasteiger partial charge on any atom is 0.311 e. The highest BCUT2D eigenvalue weighted by molar-refractivity contribution is 7.85. The fourth-order valence-corrected chi connectivity index (χ4v) is 5.46. The van der Waals surface area contributed by atoms with E-state index in [2.05, 4.69) is 0 Å². The molecule has 3 aromatic carbocycles. The smallest absolute Gasteiger partial charge is 0.311 e. The molecule has 3 aromatic rings. The van der Waals surface area contributed by atoms with E-state index in [9.17, 15) is 35.0 Å². The Morgan fingerprint density at radius 3 is 1.50 bits per heavy atom. The van der Waals surface area contributed by atoms with Gasteiger partial charge in [-0.15, -0.1) is 0 Å². The molecular formula is C18H13N2O7P. The standard InChI is InChI=1S/C18H13N2O7P/c21-17-8-6-13(10-15(17)19(23)24)28(27,12-4-2-1-3-5-12)14-7-9-18(22)16(11-14)20(25)26/h1-11,21-22H. The predicted molar refractivity (Wildman–Crippen MR) is 102 cm³/mol. The van der Waals surface area contributed by atoms with Crippen LogP contribution in [-0.2, 0) is 4.57 Å². The van der Waals surface area contributed by atoms with Crippen molar-refractivity contribution in [3.8, 4) is 11.5 Å². The van der Waals surface area contributed by atoms with Crippen LogP contribution in [0.3, 0.4) is 0 Å². The van der Waals surface area contributed by atoms with Crippen molar-refractivity contribution in [2.75, 3.05) is 0 Å². The molecule has 0 saturated carbocycles. The summed E-state index contributed by atoms with van der Waals surface area (Å²) < 4.78 is 14.2. The summed E-state index contributed by atoms with van der Waals surface area (Å²) in [7, 11) is -3.78. The molecule has 10 heteroatoms. The number of nitro groups is 2. The van der Waals surface area contributed by atoms with Gasteiger partial charge < -0.3 is 14.8 Å². The van der Waals surface area contributed by atoms with Gasteiger partial charge in [0.2, 0.25) is 0 Å². The minimum absolute atomic E-state index is 0.0168. The topological polar surface area (TPSA) is 144 Å². The maximum absolute atomic E-state index is 14.2. The molecule has 0 aliphatic rings. The van der Waals surface area contributed by atoms with Gasteiger partial charge in [-0.3, -0.25) is 20.2 Å². The summed E-state index contributed by atoms with van der Waals surface area (Å²) in [6.07, 6.45) is 0. The van der Waals surface area contributed by atoms with Gasteiger partial charge in [-0.2, -0.15) is 0 Å². The molecule has 0 aliphatic carbocycles.